The molecule has 2 aliphatic carbocycles. The van der Waals surface area contributed by atoms with Crippen molar-refractivity contribution >= 4 is 0 Å². The minimum atomic E-state index is -0.306. The minimum Gasteiger partial charge on any atom is -0.390 e. The summed E-state index contributed by atoms with van der Waals surface area (Å²) in [6, 6.07) is 0. The molecule has 2 aliphatic rings. The van der Waals surface area contributed by atoms with Crippen LogP contribution >= 0.6 is 0 Å². The first-order chi connectivity index (χ1) is 6.41. The van der Waals surface area contributed by atoms with Crippen molar-refractivity contribution in [1.29, 1.82) is 0 Å². The molecule has 0 radical (unpaired) electrons. The zero-order valence-corrected chi connectivity index (χ0v) is 9.55. The molecule has 0 aromatic carbocycles. The first-order valence-corrected chi connectivity index (χ1v) is 5.86. The van der Waals surface area contributed by atoms with Crippen LogP contribution < -0.4 is 0 Å². The molecule has 2 fully saturated rings. The standard InChI is InChI=1S/2C6H12O/c2*1-6(7)4-2-3-5-6/h2*7H,2-5H2,1H3. The second kappa shape index (κ2) is 4.63. The van der Waals surface area contributed by atoms with E-state index < -0.39 is 0 Å². The van der Waals surface area contributed by atoms with E-state index in [2.05, 4.69) is 0 Å². The topological polar surface area (TPSA) is 40.5 Å². The highest BCUT2D eigenvalue weighted by Crippen LogP contribution is 2.28. The van der Waals surface area contributed by atoms with Crippen LogP contribution in [0, 0.1) is 0 Å². The van der Waals surface area contributed by atoms with Gasteiger partial charge < -0.3 is 10.2 Å². The molecule has 0 amide bonds. The normalized spacial score (nSPS) is 28.3. The Bertz CT molecular complexity index is 137. The molecule has 2 saturated carbocycles. The molecule has 0 heterocycles. The van der Waals surface area contributed by atoms with E-state index in [1.54, 1.807) is 0 Å². The maximum absolute atomic E-state index is 9.19. The molecule has 0 saturated heterocycles. The summed E-state index contributed by atoms with van der Waals surface area (Å²) in [5.41, 5.74) is -0.611. The summed E-state index contributed by atoms with van der Waals surface area (Å²) >= 11 is 0. The molecule has 0 aromatic heterocycles. The largest absolute Gasteiger partial charge is 0.390 e. The molecule has 14 heavy (non-hydrogen) atoms. The Labute approximate surface area is 87.3 Å². The molecular weight excluding hydrogens is 176 g/mol. The fourth-order valence-corrected chi connectivity index (χ4v) is 2.27. The average molecular weight is 200 g/mol. The van der Waals surface area contributed by atoms with E-state index in [0.29, 0.717) is 0 Å². The first kappa shape index (κ1) is 12.0. The Kier molecular flexibility index (Phi) is 3.96. The van der Waals surface area contributed by atoms with Gasteiger partial charge >= 0.3 is 0 Å². The van der Waals surface area contributed by atoms with Crippen molar-refractivity contribution in [1.82, 2.24) is 0 Å². The molecule has 2 N–H and O–H groups in total. The SMILES string of the molecule is CC1(O)CCCC1.CC1(O)CCCC1. The van der Waals surface area contributed by atoms with Crippen LogP contribution in [0.3, 0.4) is 0 Å². The summed E-state index contributed by atoms with van der Waals surface area (Å²) in [4.78, 5) is 0. The van der Waals surface area contributed by atoms with E-state index in [1.807, 2.05) is 13.8 Å². The third-order valence-electron chi connectivity index (χ3n) is 3.36. The van der Waals surface area contributed by atoms with Crippen molar-refractivity contribution < 1.29 is 10.2 Å². The quantitative estimate of drug-likeness (QED) is 0.631. The molecule has 0 spiro atoms. The van der Waals surface area contributed by atoms with Gasteiger partial charge in [-0.05, 0) is 39.5 Å². The van der Waals surface area contributed by atoms with Gasteiger partial charge in [-0.2, -0.15) is 0 Å². The van der Waals surface area contributed by atoms with Crippen LogP contribution in [0.25, 0.3) is 0 Å². The summed E-state index contributed by atoms with van der Waals surface area (Å²) < 4.78 is 0. The van der Waals surface area contributed by atoms with Gasteiger partial charge in [-0.25, -0.2) is 0 Å². The fourth-order valence-electron chi connectivity index (χ4n) is 2.27. The number of rotatable bonds is 0. The third kappa shape index (κ3) is 4.43. The second-order valence-electron chi connectivity index (χ2n) is 5.41. The van der Waals surface area contributed by atoms with Gasteiger partial charge in [0.2, 0.25) is 0 Å². The summed E-state index contributed by atoms with van der Waals surface area (Å²) in [7, 11) is 0. The molecule has 2 rings (SSSR count). The van der Waals surface area contributed by atoms with Crippen LogP contribution in [-0.4, -0.2) is 21.4 Å². The smallest absolute Gasteiger partial charge is 0.0619 e. The van der Waals surface area contributed by atoms with E-state index in [1.165, 1.54) is 25.7 Å². The molecular formula is C12H24O2. The number of aliphatic hydroxyl groups is 2. The van der Waals surface area contributed by atoms with Gasteiger partial charge in [0.15, 0.2) is 0 Å². The van der Waals surface area contributed by atoms with Crippen LogP contribution in [0.5, 0.6) is 0 Å². The van der Waals surface area contributed by atoms with Gasteiger partial charge in [-0.1, -0.05) is 25.7 Å². The van der Waals surface area contributed by atoms with Gasteiger partial charge in [0, 0.05) is 0 Å². The summed E-state index contributed by atoms with van der Waals surface area (Å²) in [6.07, 6.45) is 8.89. The predicted molar refractivity (Wildman–Crippen MR) is 58.2 cm³/mol. The highest BCUT2D eigenvalue weighted by atomic mass is 16.3. The molecule has 2 heteroatoms. The molecule has 2 nitrogen and oxygen atoms in total. The third-order valence-corrected chi connectivity index (χ3v) is 3.36. The summed E-state index contributed by atoms with van der Waals surface area (Å²) in [5.74, 6) is 0. The van der Waals surface area contributed by atoms with Crippen LogP contribution in [-0.2, 0) is 0 Å². The monoisotopic (exact) mass is 200 g/mol. The highest BCUT2D eigenvalue weighted by Gasteiger charge is 2.24. The Morgan fingerprint density at radius 3 is 0.929 bits per heavy atom. The van der Waals surface area contributed by atoms with Crippen molar-refractivity contribution in [3.8, 4) is 0 Å². The first-order valence-electron chi connectivity index (χ1n) is 5.86. The zero-order chi connectivity index (χ0) is 10.7. The van der Waals surface area contributed by atoms with Crippen LogP contribution in [0.2, 0.25) is 0 Å². The van der Waals surface area contributed by atoms with Gasteiger partial charge in [-0.3, -0.25) is 0 Å². The van der Waals surface area contributed by atoms with E-state index in [9.17, 15) is 10.2 Å². The van der Waals surface area contributed by atoms with Gasteiger partial charge in [0.1, 0.15) is 0 Å². The predicted octanol–water partition coefficient (Wildman–Crippen LogP) is 2.62. The van der Waals surface area contributed by atoms with E-state index >= 15 is 0 Å². The van der Waals surface area contributed by atoms with Crippen molar-refractivity contribution in [3.05, 3.63) is 0 Å². The van der Waals surface area contributed by atoms with Crippen molar-refractivity contribution in [2.75, 3.05) is 0 Å². The fraction of sp³-hybridized carbons (Fsp3) is 1.00. The average Bonchev–Trinajstić information content (AvgIpc) is 2.60. The Balaban J connectivity index is 0.000000140. The summed E-state index contributed by atoms with van der Waals surface area (Å²) in [6.45, 7) is 3.83. The highest BCUT2D eigenvalue weighted by molar-refractivity contribution is 4.78. The molecule has 0 bridgehead atoms. The molecule has 0 aromatic rings. The van der Waals surface area contributed by atoms with Crippen molar-refractivity contribution in [3.63, 3.8) is 0 Å². The van der Waals surface area contributed by atoms with Crippen LogP contribution in [0.4, 0.5) is 0 Å². The lowest BCUT2D eigenvalue weighted by Gasteiger charge is -2.12. The Morgan fingerprint density at radius 1 is 0.643 bits per heavy atom. The van der Waals surface area contributed by atoms with Crippen molar-refractivity contribution in [2.24, 2.45) is 0 Å². The van der Waals surface area contributed by atoms with E-state index in [0.717, 1.165) is 25.7 Å². The zero-order valence-electron chi connectivity index (χ0n) is 9.55. The van der Waals surface area contributed by atoms with Gasteiger partial charge in [0.25, 0.3) is 0 Å². The number of hydrogen-bond acceptors (Lipinski definition) is 2. The maximum Gasteiger partial charge on any atom is 0.0619 e. The second-order valence-corrected chi connectivity index (χ2v) is 5.41. The van der Waals surface area contributed by atoms with Gasteiger partial charge in [-0.15, -0.1) is 0 Å². The Hall–Kier alpha value is -0.0800. The van der Waals surface area contributed by atoms with Crippen molar-refractivity contribution in [2.45, 2.75) is 76.4 Å². The number of hydrogen-bond donors (Lipinski definition) is 2. The molecule has 0 atom stereocenters. The van der Waals surface area contributed by atoms with Crippen LogP contribution in [0.1, 0.15) is 65.2 Å². The van der Waals surface area contributed by atoms with Crippen LogP contribution in [0.15, 0.2) is 0 Å². The molecule has 0 aliphatic heterocycles. The Morgan fingerprint density at radius 2 is 0.857 bits per heavy atom. The molecule has 0 unspecified atom stereocenters. The van der Waals surface area contributed by atoms with E-state index in [-0.39, 0.29) is 11.2 Å². The lowest BCUT2D eigenvalue weighted by atomic mass is 10.1. The van der Waals surface area contributed by atoms with Gasteiger partial charge in [0.05, 0.1) is 11.2 Å². The summed E-state index contributed by atoms with van der Waals surface area (Å²) in [5, 5.41) is 18.4. The lowest BCUT2D eigenvalue weighted by Crippen LogP contribution is -2.17. The van der Waals surface area contributed by atoms with E-state index in [4.69, 9.17) is 0 Å². The lowest BCUT2D eigenvalue weighted by molar-refractivity contribution is 0.0676. The minimum absolute atomic E-state index is 0.306. The maximum atomic E-state index is 9.19. The molecule has 84 valence electrons.